The highest BCUT2D eigenvalue weighted by Crippen LogP contribution is 2.33. The molecule has 1 atom stereocenters. The Morgan fingerprint density at radius 3 is 2.92 bits per heavy atom. The number of anilines is 1. The number of carbonyl (C=O) groups is 2. The van der Waals surface area contributed by atoms with Crippen molar-refractivity contribution in [1.82, 2.24) is 5.32 Å². The van der Waals surface area contributed by atoms with Gasteiger partial charge in [0, 0.05) is 13.0 Å². The van der Waals surface area contributed by atoms with Crippen molar-refractivity contribution < 1.29 is 18.7 Å². The van der Waals surface area contributed by atoms with Crippen LogP contribution >= 0.6 is 0 Å². The molecule has 2 amide bonds. The molecule has 1 aliphatic rings. The summed E-state index contributed by atoms with van der Waals surface area (Å²) in [6, 6.07) is 11.0. The van der Waals surface area contributed by atoms with E-state index >= 15 is 0 Å². The summed E-state index contributed by atoms with van der Waals surface area (Å²) in [5.41, 5.74) is 0.714. The summed E-state index contributed by atoms with van der Waals surface area (Å²) >= 11 is 0. The molecule has 1 aromatic carbocycles. The summed E-state index contributed by atoms with van der Waals surface area (Å²) in [6.07, 6.45) is 1.76. The van der Waals surface area contributed by atoms with E-state index in [4.69, 9.17) is 9.15 Å². The largest absolute Gasteiger partial charge is 0.492 e. The normalized spacial score (nSPS) is 17.1. The number of rotatable bonds is 6. The van der Waals surface area contributed by atoms with E-state index < -0.39 is 0 Å². The minimum atomic E-state index is -0.373. The predicted molar refractivity (Wildman–Crippen MR) is 88.6 cm³/mol. The van der Waals surface area contributed by atoms with Gasteiger partial charge in [-0.05, 0) is 31.2 Å². The number of amides is 2. The highest BCUT2D eigenvalue weighted by atomic mass is 16.5. The molecule has 1 aromatic heterocycles. The van der Waals surface area contributed by atoms with Gasteiger partial charge in [0.1, 0.15) is 11.5 Å². The van der Waals surface area contributed by atoms with E-state index in [0.29, 0.717) is 36.9 Å². The second-order valence-electron chi connectivity index (χ2n) is 5.60. The maximum absolute atomic E-state index is 12.4. The lowest BCUT2D eigenvalue weighted by molar-refractivity contribution is -0.126. The smallest absolute Gasteiger partial charge is 0.227 e. The van der Waals surface area contributed by atoms with Crippen LogP contribution in [0.5, 0.6) is 5.75 Å². The van der Waals surface area contributed by atoms with Gasteiger partial charge >= 0.3 is 0 Å². The molecule has 6 heteroatoms. The Hall–Kier alpha value is -2.76. The zero-order valence-electron chi connectivity index (χ0n) is 13.5. The molecule has 1 N–H and O–H groups in total. The van der Waals surface area contributed by atoms with Crippen LogP contribution < -0.4 is 15.0 Å². The Labute approximate surface area is 140 Å². The van der Waals surface area contributed by atoms with Crippen molar-refractivity contribution in [3.8, 4) is 5.75 Å². The molecule has 1 fully saturated rings. The maximum atomic E-state index is 12.4. The molecule has 0 aliphatic carbocycles. The molecule has 0 spiro atoms. The van der Waals surface area contributed by atoms with E-state index in [1.54, 1.807) is 23.3 Å². The molecule has 0 radical (unpaired) electrons. The van der Waals surface area contributed by atoms with E-state index in [-0.39, 0.29) is 24.2 Å². The molecule has 3 rings (SSSR count). The summed E-state index contributed by atoms with van der Waals surface area (Å²) in [5.74, 6) is 0.759. The van der Waals surface area contributed by atoms with Gasteiger partial charge in [0.2, 0.25) is 11.8 Å². The quantitative estimate of drug-likeness (QED) is 0.883. The fourth-order valence-electron chi connectivity index (χ4n) is 2.81. The van der Waals surface area contributed by atoms with Gasteiger partial charge in [0.25, 0.3) is 0 Å². The Morgan fingerprint density at radius 1 is 1.33 bits per heavy atom. The minimum Gasteiger partial charge on any atom is -0.492 e. The Kier molecular flexibility index (Phi) is 4.84. The first-order valence-corrected chi connectivity index (χ1v) is 8.01. The van der Waals surface area contributed by atoms with Crippen LogP contribution in [0, 0.1) is 5.92 Å². The van der Waals surface area contributed by atoms with Crippen LogP contribution in [0.4, 0.5) is 5.69 Å². The molecular formula is C18H20N2O4. The van der Waals surface area contributed by atoms with Crippen LogP contribution in [-0.2, 0) is 16.1 Å². The van der Waals surface area contributed by atoms with Gasteiger partial charge in [-0.25, -0.2) is 0 Å². The van der Waals surface area contributed by atoms with Gasteiger partial charge in [0.05, 0.1) is 31.0 Å². The second-order valence-corrected chi connectivity index (χ2v) is 5.60. The number of hydrogen-bond acceptors (Lipinski definition) is 4. The summed E-state index contributed by atoms with van der Waals surface area (Å²) in [5, 5.41) is 2.82. The van der Waals surface area contributed by atoms with Gasteiger partial charge in [-0.2, -0.15) is 0 Å². The molecule has 2 heterocycles. The lowest BCUT2D eigenvalue weighted by Gasteiger charge is -2.20. The molecule has 6 nitrogen and oxygen atoms in total. The number of hydrogen-bond donors (Lipinski definition) is 1. The Morgan fingerprint density at radius 2 is 2.17 bits per heavy atom. The van der Waals surface area contributed by atoms with Crippen LogP contribution in [0.2, 0.25) is 0 Å². The summed E-state index contributed by atoms with van der Waals surface area (Å²) in [4.78, 5) is 26.3. The SMILES string of the molecule is CCOc1ccccc1N1CC(C(=O)NCc2ccco2)CC1=O. The van der Waals surface area contributed by atoms with Crippen LogP contribution in [0.3, 0.4) is 0 Å². The van der Waals surface area contributed by atoms with Crippen molar-refractivity contribution >= 4 is 17.5 Å². The zero-order chi connectivity index (χ0) is 16.9. The Bertz CT molecular complexity index is 712. The molecule has 0 bridgehead atoms. The second kappa shape index (κ2) is 7.21. The summed E-state index contributed by atoms with van der Waals surface area (Å²) in [6.45, 7) is 3.10. The number of nitrogens with zero attached hydrogens (tertiary/aromatic N) is 1. The van der Waals surface area contributed by atoms with E-state index in [9.17, 15) is 9.59 Å². The fraction of sp³-hybridized carbons (Fsp3) is 0.333. The lowest BCUT2D eigenvalue weighted by Crippen LogP contribution is -2.32. The standard InChI is InChI=1S/C18H20N2O4/c1-2-23-16-8-4-3-7-15(16)20-12-13(10-17(20)21)18(22)19-11-14-6-5-9-24-14/h3-9,13H,2,10-12H2,1H3,(H,19,22). The van der Waals surface area contributed by atoms with Crippen LogP contribution in [0.15, 0.2) is 47.1 Å². The Balaban J connectivity index is 1.66. The third kappa shape index (κ3) is 3.42. The molecule has 1 unspecified atom stereocenters. The molecular weight excluding hydrogens is 308 g/mol. The number of benzene rings is 1. The summed E-state index contributed by atoms with van der Waals surface area (Å²) in [7, 11) is 0. The highest BCUT2D eigenvalue weighted by molar-refractivity contribution is 6.01. The summed E-state index contributed by atoms with van der Waals surface area (Å²) < 4.78 is 10.8. The number of nitrogens with one attached hydrogen (secondary N) is 1. The van der Waals surface area contributed by atoms with Crippen LogP contribution in [-0.4, -0.2) is 25.0 Å². The predicted octanol–water partition coefficient (Wildman–Crippen LogP) is 2.35. The first kappa shape index (κ1) is 16.1. The minimum absolute atomic E-state index is 0.0692. The first-order valence-electron chi connectivity index (χ1n) is 8.01. The van der Waals surface area contributed by atoms with Crippen molar-refractivity contribution in [1.29, 1.82) is 0 Å². The van der Waals surface area contributed by atoms with Crippen molar-refractivity contribution in [3.05, 3.63) is 48.4 Å². The first-order chi connectivity index (χ1) is 11.7. The van der Waals surface area contributed by atoms with Crippen molar-refractivity contribution in [2.24, 2.45) is 5.92 Å². The number of carbonyl (C=O) groups excluding carboxylic acids is 2. The molecule has 1 aliphatic heterocycles. The van der Waals surface area contributed by atoms with Gasteiger partial charge in [-0.1, -0.05) is 12.1 Å². The fourth-order valence-corrected chi connectivity index (χ4v) is 2.81. The van der Waals surface area contributed by atoms with E-state index in [0.717, 1.165) is 0 Å². The van der Waals surface area contributed by atoms with Crippen molar-refractivity contribution in [3.63, 3.8) is 0 Å². The van der Waals surface area contributed by atoms with Gasteiger partial charge in [-0.3, -0.25) is 9.59 Å². The third-order valence-corrected chi connectivity index (χ3v) is 3.97. The third-order valence-electron chi connectivity index (χ3n) is 3.97. The number of para-hydroxylation sites is 2. The molecule has 1 saturated heterocycles. The van der Waals surface area contributed by atoms with E-state index in [1.165, 1.54) is 0 Å². The van der Waals surface area contributed by atoms with Crippen molar-refractivity contribution in [2.45, 2.75) is 19.9 Å². The average molecular weight is 328 g/mol. The van der Waals surface area contributed by atoms with Crippen LogP contribution in [0.1, 0.15) is 19.1 Å². The van der Waals surface area contributed by atoms with E-state index in [1.807, 2.05) is 31.2 Å². The van der Waals surface area contributed by atoms with Crippen LogP contribution in [0.25, 0.3) is 0 Å². The van der Waals surface area contributed by atoms with Gasteiger partial charge in [-0.15, -0.1) is 0 Å². The maximum Gasteiger partial charge on any atom is 0.227 e. The molecule has 0 saturated carbocycles. The van der Waals surface area contributed by atoms with Gasteiger partial charge in [0.15, 0.2) is 0 Å². The number of furan rings is 1. The lowest BCUT2D eigenvalue weighted by atomic mass is 10.1. The molecule has 2 aromatic rings. The van der Waals surface area contributed by atoms with Crippen molar-refractivity contribution in [2.75, 3.05) is 18.1 Å². The topological polar surface area (TPSA) is 71.8 Å². The number of ether oxygens (including phenoxy) is 1. The zero-order valence-corrected chi connectivity index (χ0v) is 13.5. The molecule has 126 valence electrons. The highest BCUT2D eigenvalue weighted by Gasteiger charge is 2.36. The molecule has 24 heavy (non-hydrogen) atoms. The van der Waals surface area contributed by atoms with Gasteiger partial charge < -0.3 is 19.4 Å². The monoisotopic (exact) mass is 328 g/mol. The average Bonchev–Trinajstić information content (AvgIpc) is 3.23. The van der Waals surface area contributed by atoms with E-state index in [2.05, 4.69) is 5.32 Å².